The molecule has 122 valence electrons. The molecule has 0 spiro atoms. The Morgan fingerprint density at radius 1 is 1.15 bits per heavy atom. The molecular formula is C14H33N3O2S. The van der Waals surface area contributed by atoms with Crippen LogP contribution in [0.15, 0.2) is 0 Å². The van der Waals surface area contributed by atoms with Crippen LogP contribution in [0.1, 0.15) is 47.0 Å². The Morgan fingerprint density at radius 2 is 1.70 bits per heavy atom. The highest BCUT2D eigenvalue weighted by molar-refractivity contribution is 7.86. The first-order chi connectivity index (χ1) is 9.31. The van der Waals surface area contributed by atoms with Crippen LogP contribution in [0.2, 0.25) is 0 Å². The van der Waals surface area contributed by atoms with Gasteiger partial charge in [0.25, 0.3) is 10.2 Å². The molecule has 0 saturated heterocycles. The fraction of sp³-hybridized carbons (Fsp3) is 1.00. The van der Waals surface area contributed by atoms with Gasteiger partial charge < -0.3 is 5.32 Å². The molecule has 6 heteroatoms. The van der Waals surface area contributed by atoms with E-state index in [0.717, 1.165) is 25.8 Å². The minimum Gasteiger partial charge on any atom is -0.320 e. The first-order valence-electron chi connectivity index (χ1n) is 7.68. The average Bonchev–Trinajstić information content (AvgIpc) is 2.38. The average molecular weight is 308 g/mol. The molecule has 20 heavy (non-hydrogen) atoms. The van der Waals surface area contributed by atoms with Crippen molar-refractivity contribution in [2.75, 3.05) is 33.7 Å². The fourth-order valence-electron chi connectivity index (χ4n) is 2.26. The minimum absolute atomic E-state index is 0.0918. The van der Waals surface area contributed by atoms with E-state index >= 15 is 0 Å². The lowest BCUT2D eigenvalue weighted by Gasteiger charge is -2.34. The lowest BCUT2D eigenvalue weighted by molar-refractivity contribution is 0.256. The number of rotatable bonds is 11. The number of hydrogen-bond acceptors (Lipinski definition) is 3. The summed E-state index contributed by atoms with van der Waals surface area (Å²) < 4.78 is 28.7. The lowest BCUT2D eigenvalue weighted by atomic mass is 10.1. The van der Waals surface area contributed by atoms with Gasteiger partial charge in [0.05, 0.1) is 0 Å². The fourth-order valence-corrected chi connectivity index (χ4v) is 4.14. The summed E-state index contributed by atoms with van der Waals surface area (Å²) >= 11 is 0. The highest BCUT2D eigenvalue weighted by atomic mass is 32.2. The molecule has 0 bridgehead atoms. The van der Waals surface area contributed by atoms with Crippen LogP contribution in [0.3, 0.4) is 0 Å². The van der Waals surface area contributed by atoms with Crippen LogP contribution in [0.25, 0.3) is 0 Å². The topological polar surface area (TPSA) is 52.7 Å². The molecule has 0 aliphatic carbocycles. The maximum Gasteiger partial charge on any atom is 0.281 e. The van der Waals surface area contributed by atoms with Gasteiger partial charge in [0, 0.05) is 26.2 Å². The van der Waals surface area contributed by atoms with Gasteiger partial charge in [-0.05, 0) is 38.8 Å². The Labute approximate surface area is 125 Å². The van der Waals surface area contributed by atoms with Crippen LogP contribution in [0.5, 0.6) is 0 Å². The summed E-state index contributed by atoms with van der Waals surface area (Å²) in [4.78, 5) is 0. The molecule has 0 aliphatic heterocycles. The van der Waals surface area contributed by atoms with Crippen LogP contribution >= 0.6 is 0 Å². The second-order valence-electron chi connectivity index (χ2n) is 5.72. The van der Waals surface area contributed by atoms with Gasteiger partial charge in [0.1, 0.15) is 0 Å². The Morgan fingerprint density at radius 3 is 2.10 bits per heavy atom. The molecule has 0 aromatic heterocycles. The maximum atomic E-state index is 12.8. The van der Waals surface area contributed by atoms with Crippen molar-refractivity contribution < 1.29 is 8.42 Å². The lowest BCUT2D eigenvalue weighted by Crippen LogP contribution is -2.48. The number of nitrogens with one attached hydrogen (secondary N) is 1. The highest BCUT2D eigenvalue weighted by Gasteiger charge is 2.31. The SMILES string of the molecule is CCC(CC)N(CC(C)C)S(=O)(=O)N(C)CCCNC. The summed E-state index contributed by atoms with van der Waals surface area (Å²) in [5.41, 5.74) is 0. The van der Waals surface area contributed by atoms with Crippen molar-refractivity contribution in [3.63, 3.8) is 0 Å². The summed E-state index contributed by atoms with van der Waals surface area (Å²) in [5, 5.41) is 3.05. The van der Waals surface area contributed by atoms with Gasteiger partial charge in [-0.25, -0.2) is 0 Å². The van der Waals surface area contributed by atoms with Crippen LogP contribution in [0.4, 0.5) is 0 Å². The Kier molecular flexibility index (Phi) is 9.63. The standard InChI is InChI=1S/C14H33N3O2S/c1-7-14(8-2)17(12-13(3)4)20(18,19)16(6)11-9-10-15-5/h13-15H,7-12H2,1-6H3. The number of hydrogen-bond donors (Lipinski definition) is 1. The Hall–Kier alpha value is -0.170. The molecule has 0 fully saturated rings. The first kappa shape index (κ1) is 19.8. The van der Waals surface area contributed by atoms with Crippen molar-refractivity contribution in [1.29, 1.82) is 0 Å². The second kappa shape index (κ2) is 9.71. The van der Waals surface area contributed by atoms with Crippen LogP contribution < -0.4 is 5.32 Å². The van der Waals surface area contributed by atoms with E-state index in [9.17, 15) is 8.42 Å². The molecule has 0 amide bonds. The quantitative estimate of drug-likeness (QED) is 0.593. The van der Waals surface area contributed by atoms with Gasteiger partial charge in [0.15, 0.2) is 0 Å². The van der Waals surface area contributed by atoms with Gasteiger partial charge in [-0.2, -0.15) is 17.0 Å². The summed E-state index contributed by atoms with van der Waals surface area (Å²) in [5.74, 6) is 0.330. The van der Waals surface area contributed by atoms with E-state index in [1.807, 2.05) is 7.05 Å². The normalized spacial score (nSPS) is 13.1. The minimum atomic E-state index is -3.36. The highest BCUT2D eigenvalue weighted by Crippen LogP contribution is 2.18. The van der Waals surface area contributed by atoms with E-state index in [-0.39, 0.29) is 6.04 Å². The van der Waals surface area contributed by atoms with Gasteiger partial charge in [-0.15, -0.1) is 0 Å². The van der Waals surface area contributed by atoms with E-state index in [1.165, 1.54) is 4.31 Å². The maximum absolute atomic E-state index is 12.8. The predicted molar refractivity (Wildman–Crippen MR) is 86.0 cm³/mol. The van der Waals surface area contributed by atoms with Gasteiger partial charge in [-0.1, -0.05) is 27.7 Å². The first-order valence-corrected chi connectivity index (χ1v) is 9.08. The predicted octanol–water partition coefficient (Wildman–Crippen LogP) is 1.92. The van der Waals surface area contributed by atoms with E-state index in [4.69, 9.17) is 0 Å². The largest absolute Gasteiger partial charge is 0.320 e. The molecule has 5 nitrogen and oxygen atoms in total. The molecular weight excluding hydrogens is 274 g/mol. The second-order valence-corrected chi connectivity index (χ2v) is 7.71. The summed E-state index contributed by atoms with van der Waals surface area (Å²) in [6, 6.07) is 0.0918. The molecule has 1 N–H and O–H groups in total. The molecule has 0 unspecified atom stereocenters. The van der Waals surface area contributed by atoms with E-state index in [0.29, 0.717) is 19.0 Å². The van der Waals surface area contributed by atoms with Gasteiger partial charge in [-0.3, -0.25) is 0 Å². The zero-order chi connectivity index (χ0) is 15.8. The smallest absolute Gasteiger partial charge is 0.281 e. The van der Waals surface area contributed by atoms with Crippen LogP contribution in [-0.4, -0.2) is 56.8 Å². The molecule has 0 atom stereocenters. The van der Waals surface area contributed by atoms with Crippen LogP contribution in [-0.2, 0) is 10.2 Å². The third kappa shape index (κ3) is 6.08. The van der Waals surface area contributed by atoms with Crippen molar-refractivity contribution in [2.45, 2.75) is 53.0 Å². The monoisotopic (exact) mass is 307 g/mol. The molecule has 0 radical (unpaired) electrons. The third-order valence-corrected chi connectivity index (χ3v) is 5.50. The molecule has 0 aromatic carbocycles. The summed E-state index contributed by atoms with van der Waals surface area (Å²) in [6.07, 6.45) is 2.53. The number of nitrogens with zero attached hydrogens (tertiary/aromatic N) is 2. The molecule has 0 rings (SSSR count). The van der Waals surface area contributed by atoms with Crippen molar-refractivity contribution >= 4 is 10.2 Å². The van der Waals surface area contributed by atoms with E-state index in [2.05, 4.69) is 33.0 Å². The third-order valence-electron chi connectivity index (χ3n) is 3.48. The molecule has 0 aromatic rings. The molecule has 0 saturated carbocycles. The van der Waals surface area contributed by atoms with Crippen LogP contribution in [0, 0.1) is 5.92 Å². The van der Waals surface area contributed by atoms with Gasteiger partial charge in [0.2, 0.25) is 0 Å². The summed E-state index contributed by atoms with van der Waals surface area (Å²) in [6.45, 7) is 10.2. The molecule has 0 aliphatic rings. The molecule has 0 heterocycles. The van der Waals surface area contributed by atoms with Crippen molar-refractivity contribution in [3.05, 3.63) is 0 Å². The van der Waals surface area contributed by atoms with Gasteiger partial charge >= 0.3 is 0 Å². The van der Waals surface area contributed by atoms with E-state index < -0.39 is 10.2 Å². The van der Waals surface area contributed by atoms with E-state index in [1.54, 1.807) is 11.4 Å². The Balaban J connectivity index is 5.01. The van der Waals surface area contributed by atoms with Crippen molar-refractivity contribution in [3.8, 4) is 0 Å². The van der Waals surface area contributed by atoms with Crippen molar-refractivity contribution in [2.24, 2.45) is 5.92 Å². The van der Waals surface area contributed by atoms with Crippen molar-refractivity contribution in [1.82, 2.24) is 13.9 Å². The zero-order valence-corrected chi connectivity index (χ0v) is 14.8. The zero-order valence-electron chi connectivity index (χ0n) is 14.0. The Bertz CT molecular complexity index is 340. The summed E-state index contributed by atoms with van der Waals surface area (Å²) in [7, 11) is 0.199.